The van der Waals surface area contributed by atoms with Gasteiger partial charge in [0.25, 0.3) is 0 Å². The van der Waals surface area contributed by atoms with Crippen molar-refractivity contribution >= 4 is 0 Å². The van der Waals surface area contributed by atoms with Gasteiger partial charge in [-0.05, 0) is 30.6 Å². The summed E-state index contributed by atoms with van der Waals surface area (Å²) in [6.07, 6.45) is 3.61. The van der Waals surface area contributed by atoms with Crippen molar-refractivity contribution in [1.29, 1.82) is 0 Å². The number of aliphatic hydroxyl groups is 1. The van der Waals surface area contributed by atoms with E-state index in [1.807, 2.05) is 6.92 Å². The van der Waals surface area contributed by atoms with E-state index in [0.717, 1.165) is 38.9 Å². The molecular formula is C13H22O3. The van der Waals surface area contributed by atoms with Gasteiger partial charge in [0, 0.05) is 12.8 Å². The van der Waals surface area contributed by atoms with Crippen molar-refractivity contribution in [2.45, 2.75) is 57.8 Å². The Bertz CT molecular complexity index is 295. The summed E-state index contributed by atoms with van der Waals surface area (Å²) >= 11 is 0. The van der Waals surface area contributed by atoms with Gasteiger partial charge in [-0.3, -0.25) is 0 Å². The number of rotatable bonds is 0. The van der Waals surface area contributed by atoms with E-state index in [9.17, 15) is 5.11 Å². The highest BCUT2D eigenvalue weighted by atomic mass is 16.7. The fraction of sp³-hybridized carbons (Fsp3) is 1.00. The lowest BCUT2D eigenvalue weighted by Gasteiger charge is -2.32. The van der Waals surface area contributed by atoms with Crippen LogP contribution in [0.1, 0.15) is 46.5 Å². The number of hydrogen-bond donors (Lipinski definition) is 1. The number of ether oxygens (including phenoxy) is 2. The van der Waals surface area contributed by atoms with Crippen LogP contribution in [0.2, 0.25) is 0 Å². The molecule has 2 saturated carbocycles. The molecule has 3 heteroatoms. The van der Waals surface area contributed by atoms with Crippen LogP contribution in [0.15, 0.2) is 0 Å². The predicted octanol–water partition coefficient (Wildman–Crippen LogP) is 2.08. The van der Waals surface area contributed by atoms with E-state index in [1.54, 1.807) is 0 Å². The summed E-state index contributed by atoms with van der Waals surface area (Å²) in [7, 11) is 0. The zero-order valence-corrected chi connectivity index (χ0v) is 10.5. The molecule has 16 heavy (non-hydrogen) atoms. The second-order valence-corrected chi connectivity index (χ2v) is 6.93. The molecule has 3 rings (SSSR count). The second kappa shape index (κ2) is 2.82. The third-order valence-corrected chi connectivity index (χ3v) is 5.13. The molecule has 1 aliphatic heterocycles. The molecule has 92 valence electrons. The Kier molecular flexibility index (Phi) is 1.94. The van der Waals surface area contributed by atoms with Crippen molar-refractivity contribution in [2.75, 3.05) is 13.2 Å². The third kappa shape index (κ3) is 1.31. The molecule has 1 N–H and O–H groups in total. The van der Waals surface area contributed by atoms with E-state index in [-0.39, 0.29) is 16.6 Å². The quantitative estimate of drug-likeness (QED) is 0.687. The molecule has 3 fully saturated rings. The SMILES string of the molecule is CC1(O)CC2(C)CC3(CC2(C)C1)OCCO3. The van der Waals surface area contributed by atoms with Crippen LogP contribution in [-0.4, -0.2) is 29.7 Å². The zero-order valence-electron chi connectivity index (χ0n) is 10.5. The van der Waals surface area contributed by atoms with E-state index in [1.165, 1.54) is 0 Å². The second-order valence-electron chi connectivity index (χ2n) is 6.93. The fourth-order valence-corrected chi connectivity index (χ4v) is 4.67. The minimum atomic E-state index is -0.510. The van der Waals surface area contributed by atoms with Crippen molar-refractivity contribution in [3.05, 3.63) is 0 Å². The molecule has 1 spiro atoms. The Morgan fingerprint density at radius 3 is 1.69 bits per heavy atom. The molecule has 0 aromatic rings. The summed E-state index contributed by atoms with van der Waals surface area (Å²) in [4.78, 5) is 0. The Morgan fingerprint density at radius 1 is 0.812 bits per heavy atom. The van der Waals surface area contributed by atoms with Gasteiger partial charge in [-0.1, -0.05) is 13.8 Å². The molecule has 1 saturated heterocycles. The molecule has 2 aliphatic carbocycles. The molecule has 0 bridgehead atoms. The highest BCUT2D eigenvalue weighted by Gasteiger charge is 2.67. The molecule has 0 aromatic heterocycles. The molecule has 0 aromatic carbocycles. The van der Waals surface area contributed by atoms with Gasteiger partial charge in [0.2, 0.25) is 0 Å². The maximum absolute atomic E-state index is 10.3. The summed E-state index contributed by atoms with van der Waals surface area (Å²) in [6, 6.07) is 0. The molecular weight excluding hydrogens is 204 g/mol. The maximum atomic E-state index is 10.3. The van der Waals surface area contributed by atoms with Gasteiger partial charge in [0.05, 0.1) is 18.8 Å². The topological polar surface area (TPSA) is 38.7 Å². The van der Waals surface area contributed by atoms with E-state index in [0.29, 0.717) is 0 Å². The zero-order chi connectivity index (χ0) is 11.7. The predicted molar refractivity (Wildman–Crippen MR) is 59.9 cm³/mol. The first-order chi connectivity index (χ1) is 7.29. The van der Waals surface area contributed by atoms with Crippen LogP contribution in [0, 0.1) is 10.8 Å². The van der Waals surface area contributed by atoms with Crippen LogP contribution in [0.25, 0.3) is 0 Å². The summed E-state index contributed by atoms with van der Waals surface area (Å²) in [5.74, 6) is -0.333. The molecule has 2 unspecified atom stereocenters. The lowest BCUT2D eigenvalue weighted by Crippen LogP contribution is -2.31. The molecule has 1 heterocycles. The van der Waals surface area contributed by atoms with Crippen molar-refractivity contribution < 1.29 is 14.6 Å². The normalized spacial score (nSPS) is 54.8. The van der Waals surface area contributed by atoms with Crippen LogP contribution in [0.4, 0.5) is 0 Å². The van der Waals surface area contributed by atoms with Crippen molar-refractivity contribution in [1.82, 2.24) is 0 Å². The largest absolute Gasteiger partial charge is 0.390 e. The smallest absolute Gasteiger partial charge is 0.169 e. The summed E-state index contributed by atoms with van der Waals surface area (Å²) in [5, 5.41) is 10.3. The highest BCUT2D eigenvalue weighted by Crippen LogP contribution is 2.69. The van der Waals surface area contributed by atoms with Gasteiger partial charge in [-0.25, -0.2) is 0 Å². The Morgan fingerprint density at radius 2 is 1.25 bits per heavy atom. The Hall–Kier alpha value is -0.120. The van der Waals surface area contributed by atoms with Crippen molar-refractivity contribution in [3.8, 4) is 0 Å². The van der Waals surface area contributed by atoms with Crippen LogP contribution >= 0.6 is 0 Å². The average molecular weight is 226 g/mol. The molecule has 0 radical (unpaired) electrons. The van der Waals surface area contributed by atoms with E-state index < -0.39 is 5.60 Å². The summed E-state index contributed by atoms with van der Waals surface area (Å²) in [6.45, 7) is 7.98. The first kappa shape index (κ1) is 11.0. The number of fused-ring (bicyclic) bond motifs is 1. The summed E-state index contributed by atoms with van der Waals surface area (Å²) in [5.41, 5.74) is -0.203. The fourth-order valence-electron chi connectivity index (χ4n) is 4.67. The monoisotopic (exact) mass is 226 g/mol. The van der Waals surface area contributed by atoms with Gasteiger partial charge < -0.3 is 14.6 Å². The lowest BCUT2D eigenvalue weighted by molar-refractivity contribution is -0.163. The van der Waals surface area contributed by atoms with E-state index in [2.05, 4.69) is 13.8 Å². The van der Waals surface area contributed by atoms with Gasteiger partial charge in [0.15, 0.2) is 5.79 Å². The van der Waals surface area contributed by atoms with Gasteiger partial charge in [-0.2, -0.15) is 0 Å². The first-order valence-corrected chi connectivity index (χ1v) is 6.29. The van der Waals surface area contributed by atoms with Gasteiger partial charge in [-0.15, -0.1) is 0 Å². The van der Waals surface area contributed by atoms with Crippen molar-refractivity contribution in [2.24, 2.45) is 10.8 Å². The van der Waals surface area contributed by atoms with Gasteiger partial charge >= 0.3 is 0 Å². The minimum absolute atomic E-state index is 0.154. The molecule has 3 aliphatic rings. The third-order valence-electron chi connectivity index (χ3n) is 5.13. The van der Waals surface area contributed by atoms with Crippen LogP contribution < -0.4 is 0 Å². The molecule has 3 nitrogen and oxygen atoms in total. The minimum Gasteiger partial charge on any atom is -0.390 e. The molecule has 0 amide bonds. The van der Waals surface area contributed by atoms with Crippen LogP contribution in [0.5, 0.6) is 0 Å². The van der Waals surface area contributed by atoms with E-state index >= 15 is 0 Å². The van der Waals surface area contributed by atoms with Crippen LogP contribution in [-0.2, 0) is 9.47 Å². The van der Waals surface area contributed by atoms with Gasteiger partial charge in [0.1, 0.15) is 0 Å². The highest BCUT2D eigenvalue weighted by molar-refractivity contribution is 5.14. The number of hydrogen-bond acceptors (Lipinski definition) is 3. The van der Waals surface area contributed by atoms with Crippen LogP contribution in [0.3, 0.4) is 0 Å². The summed E-state index contributed by atoms with van der Waals surface area (Å²) < 4.78 is 11.7. The lowest BCUT2D eigenvalue weighted by atomic mass is 9.71. The Labute approximate surface area is 97.1 Å². The first-order valence-electron chi connectivity index (χ1n) is 6.29. The van der Waals surface area contributed by atoms with Crippen molar-refractivity contribution in [3.63, 3.8) is 0 Å². The maximum Gasteiger partial charge on any atom is 0.169 e. The standard InChI is InChI=1S/C13H22O3/c1-10-6-12(3,14)7-11(10,2)9-13(8-10)15-4-5-16-13/h14H,4-9H2,1-3H3. The Balaban J connectivity index is 1.92. The molecule has 2 atom stereocenters. The average Bonchev–Trinajstić information content (AvgIpc) is 2.59. The van der Waals surface area contributed by atoms with E-state index in [4.69, 9.17) is 9.47 Å².